The van der Waals surface area contributed by atoms with Gasteiger partial charge < -0.3 is 5.11 Å². The van der Waals surface area contributed by atoms with Crippen LogP contribution in [0, 0.1) is 0 Å². The Bertz CT molecular complexity index is 395. The van der Waals surface area contributed by atoms with Gasteiger partial charge in [-0.05, 0) is 25.7 Å². The van der Waals surface area contributed by atoms with Crippen LogP contribution in [0.1, 0.15) is 123 Å². The van der Waals surface area contributed by atoms with Crippen LogP contribution in [0.3, 0.4) is 0 Å². The molecule has 0 aliphatic carbocycles. The van der Waals surface area contributed by atoms with Gasteiger partial charge >= 0.3 is 0 Å². The van der Waals surface area contributed by atoms with Gasteiger partial charge in [-0.15, -0.1) is 0 Å². The fourth-order valence-corrected chi connectivity index (χ4v) is 4.35. The third-order valence-electron chi connectivity index (χ3n) is 5.26. The van der Waals surface area contributed by atoms with Gasteiger partial charge in [0, 0.05) is 0 Å². The van der Waals surface area contributed by atoms with Gasteiger partial charge in [-0.3, -0.25) is 4.55 Å². The van der Waals surface area contributed by atoms with Crippen LogP contribution in [0.2, 0.25) is 0 Å². The fourth-order valence-electron chi connectivity index (χ4n) is 3.45. The minimum Gasteiger partial charge on any atom is -0.393 e. The van der Waals surface area contributed by atoms with Crippen molar-refractivity contribution in [2.45, 2.75) is 134 Å². The Morgan fingerprint density at radius 1 is 0.615 bits per heavy atom. The molecule has 0 saturated heterocycles. The molecule has 0 spiro atoms. The average Bonchev–Trinajstić information content (AvgIpc) is 2.58. The van der Waals surface area contributed by atoms with Gasteiger partial charge in [0.1, 0.15) is 0 Å². The van der Waals surface area contributed by atoms with Crippen molar-refractivity contribution < 1.29 is 18.1 Å². The normalized spacial score (nSPS) is 14.5. The first-order valence-corrected chi connectivity index (χ1v) is 12.6. The van der Waals surface area contributed by atoms with Crippen LogP contribution in [0.5, 0.6) is 0 Å². The number of hydrogen-bond acceptors (Lipinski definition) is 3. The van der Waals surface area contributed by atoms with Crippen molar-refractivity contribution in [2.24, 2.45) is 0 Å². The molecular weight excluding hydrogens is 348 g/mol. The van der Waals surface area contributed by atoms with E-state index in [0.717, 1.165) is 38.5 Å². The highest BCUT2D eigenvalue weighted by Crippen LogP contribution is 2.20. The van der Waals surface area contributed by atoms with E-state index in [1.807, 2.05) is 0 Å². The van der Waals surface area contributed by atoms with Crippen molar-refractivity contribution in [2.75, 3.05) is 0 Å². The fraction of sp³-hybridized carbons (Fsp3) is 1.00. The lowest BCUT2D eigenvalue weighted by Crippen LogP contribution is -2.22. The van der Waals surface area contributed by atoms with E-state index < -0.39 is 21.5 Å². The summed E-state index contributed by atoms with van der Waals surface area (Å²) in [4.78, 5) is 0. The van der Waals surface area contributed by atoms with Gasteiger partial charge in [0.15, 0.2) is 0 Å². The number of hydrogen-bond donors (Lipinski definition) is 2. The predicted octanol–water partition coefficient (Wildman–Crippen LogP) is 6.28. The molecular formula is C21H44O4S. The van der Waals surface area contributed by atoms with E-state index in [0.29, 0.717) is 19.3 Å². The highest BCUT2D eigenvalue weighted by molar-refractivity contribution is 7.86. The molecule has 0 aliphatic heterocycles. The summed E-state index contributed by atoms with van der Waals surface area (Å²) >= 11 is 0. The first-order valence-electron chi connectivity index (χ1n) is 11.1. The van der Waals surface area contributed by atoms with Crippen molar-refractivity contribution in [3.63, 3.8) is 0 Å². The molecule has 2 N–H and O–H groups in total. The Hall–Kier alpha value is -0.130. The van der Waals surface area contributed by atoms with Crippen LogP contribution in [0.15, 0.2) is 0 Å². The molecule has 0 amide bonds. The number of aliphatic hydroxyl groups excluding tert-OH is 1. The Labute approximate surface area is 162 Å². The molecule has 0 saturated carbocycles. The topological polar surface area (TPSA) is 74.6 Å². The summed E-state index contributed by atoms with van der Waals surface area (Å²) in [6.07, 6.45) is 16.7. The minimum absolute atomic E-state index is 0.367. The van der Waals surface area contributed by atoms with Gasteiger partial charge in [-0.25, -0.2) is 0 Å². The zero-order valence-electron chi connectivity index (χ0n) is 17.3. The van der Waals surface area contributed by atoms with Gasteiger partial charge in [-0.2, -0.15) is 8.42 Å². The SMILES string of the molecule is CCCCCCCCCC(CCC(O)CCCCCCCC)S(=O)(=O)O. The van der Waals surface area contributed by atoms with E-state index in [1.54, 1.807) is 0 Å². The van der Waals surface area contributed by atoms with Crippen LogP contribution in [0.4, 0.5) is 0 Å². The van der Waals surface area contributed by atoms with Crippen LogP contribution >= 0.6 is 0 Å². The quantitative estimate of drug-likeness (QED) is 0.200. The van der Waals surface area contributed by atoms with Crippen LogP contribution in [-0.2, 0) is 10.1 Å². The maximum Gasteiger partial charge on any atom is 0.267 e. The van der Waals surface area contributed by atoms with Crippen molar-refractivity contribution >= 4 is 10.1 Å². The third kappa shape index (κ3) is 16.1. The summed E-state index contributed by atoms with van der Waals surface area (Å²) < 4.78 is 32.6. The molecule has 0 aromatic rings. The van der Waals surface area contributed by atoms with E-state index in [2.05, 4.69) is 13.8 Å². The van der Waals surface area contributed by atoms with E-state index >= 15 is 0 Å². The van der Waals surface area contributed by atoms with Crippen LogP contribution < -0.4 is 0 Å². The second-order valence-corrected chi connectivity index (χ2v) is 9.53. The second kappa shape index (κ2) is 17.0. The van der Waals surface area contributed by atoms with Crippen molar-refractivity contribution in [1.82, 2.24) is 0 Å². The van der Waals surface area contributed by atoms with Gasteiger partial charge in [0.2, 0.25) is 0 Å². The molecule has 2 unspecified atom stereocenters. The Morgan fingerprint density at radius 2 is 1.04 bits per heavy atom. The predicted molar refractivity (Wildman–Crippen MR) is 111 cm³/mol. The molecule has 0 radical (unpaired) electrons. The smallest absolute Gasteiger partial charge is 0.267 e. The monoisotopic (exact) mass is 392 g/mol. The maximum atomic E-state index is 11.6. The number of rotatable bonds is 19. The zero-order valence-corrected chi connectivity index (χ0v) is 18.1. The molecule has 0 bridgehead atoms. The van der Waals surface area contributed by atoms with Gasteiger partial charge in [0.25, 0.3) is 10.1 Å². The summed E-state index contributed by atoms with van der Waals surface area (Å²) in [5.74, 6) is 0. The van der Waals surface area contributed by atoms with Crippen LogP contribution in [-0.4, -0.2) is 29.4 Å². The maximum absolute atomic E-state index is 11.6. The molecule has 0 rings (SSSR count). The standard InChI is InChI=1S/C21H44O4S/c1-3-5-7-9-11-13-15-17-21(26(23,24)25)19-18-20(22)16-14-12-10-8-6-4-2/h20-22H,3-19H2,1-2H3,(H,23,24,25). The minimum atomic E-state index is -4.01. The summed E-state index contributed by atoms with van der Waals surface area (Å²) in [6.45, 7) is 4.39. The highest BCUT2D eigenvalue weighted by atomic mass is 32.2. The average molecular weight is 393 g/mol. The molecule has 26 heavy (non-hydrogen) atoms. The second-order valence-electron chi connectivity index (χ2n) is 7.83. The van der Waals surface area contributed by atoms with E-state index in [-0.39, 0.29) is 0 Å². The number of unbranched alkanes of at least 4 members (excludes halogenated alkanes) is 11. The zero-order chi connectivity index (χ0) is 19.7. The summed E-state index contributed by atoms with van der Waals surface area (Å²) in [5.41, 5.74) is 0. The largest absolute Gasteiger partial charge is 0.393 e. The first kappa shape index (κ1) is 25.9. The number of aliphatic hydroxyl groups is 1. The first-order chi connectivity index (χ1) is 12.4. The van der Waals surface area contributed by atoms with Crippen molar-refractivity contribution in [1.29, 1.82) is 0 Å². The molecule has 0 aliphatic rings. The molecule has 2 atom stereocenters. The van der Waals surface area contributed by atoms with E-state index in [4.69, 9.17) is 0 Å². The molecule has 0 aromatic carbocycles. The lowest BCUT2D eigenvalue weighted by Gasteiger charge is -2.16. The third-order valence-corrected chi connectivity index (χ3v) is 6.58. The summed E-state index contributed by atoms with van der Waals surface area (Å²) in [6, 6.07) is 0. The lowest BCUT2D eigenvalue weighted by molar-refractivity contribution is 0.147. The highest BCUT2D eigenvalue weighted by Gasteiger charge is 2.23. The Morgan fingerprint density at radius 3 is 1.50 bits per heavy atom. The lowest BCUT2D eigenvalue weighted by atomic mass is 10.0. The molecule has 4 nitrogen and oxygen atoms in total. The summed E-state index contributed by atoms with van der Waals surface area (Å²) in [5, 5.41) is 9.37. The summed E-state index contributed by atoms with van der Waals surface area (Å²) in [7, 11) is -4.01. The van der Waals surface area contributed by atoms with Gasteiger partial charge in [-0.1, -0.05) is 97.3 Å². The molecule has 0 heterocycles. The van der Waals surface area contributed by atoms with E-state index in [1.165, 1.54) is 51.4 Å². The van der Waals surface area contributed by atoms with Crippen molar-refractivity contribution in [3.05, 3.63) is 0 Å². The molecule has 5 heteroatoms. The molecule has 0 aromatic heterocycles. The Kier molecular flexibility index (Phi) is 16.9. The van der Waals surface area contributed by atoms with E-state index in [9.17, 15) is 18.1 Å². The van der Waals surface area contributed by atoms with Crippen LogP contribution in [0.25, 0.3) is 0 Å². The Balaban J connectivity index is 3.89. The van der Waals surface area contributed by atoms with Gasteiger partial charge in [0.05, 0.1) is 11.4 Å². The molecule has 0 fully saturated rings. The van der Waals surface area contributed by atoms with Crippen molar-refractivity contribution in [3.8, 4) is 0 Å². The molecule has 158 valence electrons.